The number of aliphatic hydroxyl groups excluding tert-OH is 1. The van der Waals surface area contributed by atoms with E-state index in [1.54, 1.807) is 0 Å². The van der Waals surface area contributed by atoms with Gasteiger partial charge >= 0.3 is 6.09 Å². The monoisotopic (exact) mass is 176 g/mol. The van der Waals surface area contributed by atoms with Gasteiger partial charge in [-0.2, -0.15) is 0 Å². The summed E-state index contributed by atoms with van der Waals surface area (Å²) in [4.78, 5) is 10.1. The quantitative estimate of drug-likeness (QED) is 0.467. The Balaban J connectivity index is 3.05. The largest absolute Gasteiger partial charge is 0.448 e. The summed E-state index contributed by atoms with van der Waals surface area (Å²) in [6.07, 6.45) is -0.757. The number of rotatable bonds is 6. The Hall–Kier alpha value is -0.810. The molecular weight excluding hydrogens is 160 g/mol. The van der Waals surface area contributed by atoms with Crippen LogP contribution in [0.1, 0.15) is 6.92 Å². The topological polar surface area (TPSA) is 84.6 Å². The van der Waals surface area contributed by atoms with Crippen molar-refractivity contribution < 1.29 is 14.6 Å². The van der Waals surface area contributed by atoms with Gasteiger partial charge in [0.15, 0.2) is 0 Å². The summed E-state index contributed by atoms with van der Waals surface area (Å²) in [7, 11) is 0. The molecule has 0 aromatic carbocycles. The molecule has 0 fully saturated rings. The first-order valence-electron chi connectivity index (χ1n) is 3.90. The van der Waals surface area contributed by atoms with Gasteiger partial charge in [-0.1, -0.05) is 6.92 Å². The molecule has 5 heteroatoms. The fourth-order valence-corrected chi connectivity index (χ4v) is 0.637. The van der Waals surface area contributed by atoms with Gasteiger partial charge < -0.3 is 20.9 Å². The summed E-state index contributed by atoms with van der Waals surface area (Å²) in [5, 5.41) is 11.6. The lowest BCUT2D eigenvalue weighted by molar-refractivity contribution is 0.156. The lowest BCUT2D eigenvalue weighted by atomic mass is 10.2. The lowest BCUT2D eigenvalue weighted by Gasteiger charge is -2.08. The lowest BCUT2D eigenvalue weighted by Crippen LogP contribution is -2.28. The van der Waals surface area contributed by atoms with Gasteiger partial charge in [0, 0.05) is 19.7 Å². The molecule has 12 heavy (non-hydrogen) atoms. The molecule has 0 spiro atoms. The van der Waals surface area contributed by atoms with E-state index in [9.17, 15) is 4.79 Å². The molecule has 1 amide bonds. The number of aliphatic hydroxyl groups is 1. The second kappa shape index (κ2) is 6.87. The van der Waals surface area contributed by atoms with Crippen LogP contribution in [0.5, 0.6) is 0 Å². The smallest absolute Gasteiger partial charge is 0.404 e. The normalized spacial score (nSPS) is 12.5. The molecule has 0 heterocycles. The summed E-state index contributed by atoms with van der Waals surface area (Å²) < 4.78 is 4.47. The summed E-state index contributed by atoms with van der Waals surface area (Å²) in [5.74, 6) is 0.221. The molecule has 0 aliphatic carbocycles. The fraction of sp³-hybridized carbons (Fsp3) is 0.857. The van der Waals surface area contributed by atoms with Crippen molar-refractivity contribution in [1.82, 2.24) is 5.32 Å². The molecule has 0 aromatic heterocycles. The van der Waals surface area contributed by atoms with E-state index in [1.807, 2.05) is 6.92 Å². The van der Waals surface area contributed by atoms with Crippen molar-refractivity contribution in [3.8, 4) is 0 Å². The first-order chi connectivity index (χ1) is 5.66. The maximum Gasteiger partial charge on any atom is 0.404 e. The molecule has 0 saturated carbocycles. The molecule has 0 aliphatic heterocycles. The number of carbonyl (C=O) groups excluding carboxylic acids is 1. The number of nitrogens with two attached hydrogens (primary N) is 1. The third-order valence-electron chi connectivity index (χ3n) is 1.33. The van der Waals surface area contributed by atoms with Crippen molar-refractivity contribution in [2.45, 2.75) is 6.92 Å². The average Bonchev–Trinajstić information content (AvgIpc) is 2.03. The van der Waals surface area contributed by atoms with Crippen LogP contribution in [0, 0.1) is 5.92 Å². The van der Waals surface area contributed by atoms with Crippen molar-refractivity contribution >= 4 is 6.09 Å². The van der Waals surface area contributed by atoms with Crippen molar-refractivity contribution in [1.29, 1.82) is 0 Å². The van der Waals surface area contributed by atoms with E-state index in [0.29, 0.717) is 13.1 Å². The van der Waals surface area contributed by atoms with Crippen LogP contribution in [0.2, 0.25) is 0 Å². The Labute approximate surface area is 71.9 Å². The Morgan fingerprint density at radius 2 is 2.42 bits per heavy atom. The highest BCUT2D eigenvalue weighted by molar-refractivity contribution is 5.64. The first-order valence-corrected chi connectivity index (χ1v) is 3.90. The standard InChI is InChI=1S/C7H16N2O3/c1-6(5-10)4-9-2-3-12-7(8)11/h6,9-10H,2-5H2,1H3,(H2,8,11). The molecule has 0 rings (SSSR count). The summed E-state index contributed by atoms with van der Waals surface area (Å²) in [6, 6.07) is 0. The van der Waals surface area contributed by atoms with E-state index in [0.717, 1.165) is 0 Å². The van der Waals surface area contributed by atoms with Gasteiger partial charge in [0.2, 0.25) is 0 Å². The molecule has 5 nitrogen and oxygen atoms in total. The number of hydrogen-bond acceptors (Lipinski definition) is 4. The second-order valence-electron chi connectivity index (χ2n) is 2.66. The third-order valence-corrected chi connectivity index (χ3v) is 1.33. The number of carbonyl (C=O) groups is 1. The van der Waals surface area contributed by atoms with E-state index in [2.05, 4.69) is 10.1 Å². The summed E-state index contributed by atoms with van der Waals surface area (Å²) in [5.41, 5.74) is 4.73. The van der Waals surface area contributed by atoms with Crippen LogP contribution < -0.4 is 11.1 Å². The maximum atomic E-state index is 10.1. The molecule has 0 radical (unpaired) electrons. The van der Waals surface area contributed by atoms with Crippen LogP contribution in [0.4, 0.5) is 4.79 Å². The number of primary amides is 1. The van der Waals surface area contributed by atoms with Crippen LogP contribution in [-0.4, -0.2) is 37.5 Å². The Kier molecular flexibility index (Phi) is 6.41. The van der Waals surface area contributed by atoms with Crippen LogP contribution in [0.15, 0.2) is 0 Å². The summed E-state index contributed by atoms with van der Waals surface area (Å²) >= 11 is 0. The van der Waals surface area contributed by atoms with Crippen LogP contribution >= 0.6 is 0 Å². The predicted molar refractivity (Wildman–Crippen MR) is 44.7 cm³/mol. The molecule has 0 aromatic rings. The van der Waals surface area contributed by atoms with Crippen LogP contribution in [0.25, 0.3) is 0 Å². The number of hydrogen-bond donors (Lipinski definition) is 3. The van der Waals surface area contributed by atoms with Gasteiger partial charge in [0.05, 0.1) is 0 Å². The minimum atomic E-state index is -0.757. The highest BCUT2D eigenvalue weighted by atomic mass is 16.5. The molecular formula is C7H16N2O3. The number of ether oxygens (including phenoxy) is 1. The highest BCUT2D eigenvalue weighted by Crippen LogP contribution is 1.87. The second-order valence-corrected chi connectivity index (χ2v) is 2.66. The van der Waals surface area contributed by atoms with Gasteiger partial charge in [0.1, 0.15) is 6.61 Å². The van der Waals surface area contributed by atoms with Gasteiger partial charge in [-0.3, -0.25) is 0 Å². The van der Waals surface area contributed by atoms with Crippen LogP contribution in [-0.2, 0) is 4.74 Å². The average molecular weight is 176 g/mol. The zero-order chi connectivity index (χ0) is 9.40. The zero-order valence-electron chi connectivity index (χ0n) is 7.25. The van der Waals surface area contributed by atoms with E-state index in [1.165, 1.54) is 0 Å². The summed E-state index contributed by atoms with van der Waals surface area (Å²) in [6.45, 7) is 3.62. The predicted octanol–water partition coefficient (Wildman–Crippen LogP) is -0.700. The Morgan fingerprint density at radius 1 is 1.75 bits per heavy atom. The number of nitrogens with one attached hydrogen (secondary N) is 1. The highest BCUT2D eigenvalue weighted by Gasteiger charge is 1.98. The van der Waals surface area contributed by atoms with Crippen LogP contribution in [0.3, 0.4) is 0 Å². The van der Waals surface area contributed by atoms with Gasteiger partial charge in [-0.15, -0.1) is 0 Å². The van der Waals surface area contributed by atoms with Crippen molar-refractivity contribution in [2.75, 3.05) is 26.3 Å². The van der Waals surface area contributed by atoms with E-state index >= 15 is 0 Å². The van der Waals surface area contributed by atoms with Gasteiger partial charge in [0.25, 0.3) is 0 Å². The van der Waals surface area contributed by atoms with E-state index < -0.39 is 6.09 Å². The van der Waals surface area contributed by atoms with E-state index in [4.69, 9.17) is 10.8 Å². The minimum absolute atomic E-state index is 0.156. The minimum Gasteiger partial charge on any atom is -0.448 e. The molecule has 0 bridgehead atoms. The maximum absolute atomic E-state index is 10.1. The molecule has 0 aliphatic rings. The Morgan fingerprint density at radius 3 is 2.92 bits per heavy atom. The molecule has 72 valence electrons. The number of amides is 1. The van der Waals surface area contributed by atoms with E-state index in [-0.39, 0.29) is 19.1 Å². The fourth-order valence-electron chi connectivity index (χ4n) is 0.637. The SMILES string of the molecule is CC(CO)CNCCOC(N)=O. The Bertz CT molecular complexity index is 130. The van der Waals surface area contributed by atoms with Gasteiger partial charge in [-0.05, 0) is 5.92 Å². The molecule has 1 unspecified atom stereocenters. The van der Waals surface area contributed by atoms with Crippen molar-refractivity contribution in [2.24, 2.45) is 11.7 Å². The first kappa shape index (κ1) is 11.2. The van der Waals surface area contributed by atoms with Crippen molar-refractivity contribution in [3.63, 3.8) is 0 Å². The molecule has 4 N–H and O–H groups in total. The van der Waals surface area contributed by atoms with Gasteiger partial charge in [-0.25, -0.2) is 4.79 Å². The molecule has 0 saturated heterocycles. The third kappa shape index (κ3) is 7.30. The molecule has 1 atom stereocenters. The van der Waals surface area contributed by atoms with Crippen molar-refractivity contribution in [3.05, 3.63) is 0 Å². The zero-order valence-corrected chi connectivity index (χ0v) is 7.25.